The molecule has 3 aromatic carbocycles. The zero-order valence-electron chi connectivity index (χ0n) is 18.7. The van der Waals surface area contributed by atoms with Crippen LogP contribution in [0, 0.1) is 5.92 Å². The first kappa shape index (κ1) is 22.8. The van der Waals surface area contributed by atoms with Crippen molar-refractivity contribution in [1.82, 2.24) is 10.9 Å². The summed E-state index contributed by atoms with van der Waals surface area (Å²) in [5.41, 5.74) is 7.20. The molecule has 0 saturated carbocycles. The summed E-state index contributed by atoms with van der Waals surface area (Å²) in [6, 6.07) is 24.2. The van der Waals surface area contributed by atoms with Crippen molar-refractivity contribution in [2.24, 2.45) is 5.92 Å². The topological polar surface area (TPSA) is 97.0 Å². The van der Waals surface area contributed by atoms with Gasteiger partial charge in [0, 0.05) is 18.5 Å². The van der Waals surface area contributed by atoms with Gasteiger partial charge in [0.2, 0.25) is 11.8 Å². The van der Waals surface area contributed by atoms with E-state index in [-0.39, 0.29) is 25.5 Å². The minimum absolute atomic E-state index is 0.0424. The monoisotopic (exact) mass is 459 g/mol. The van der Waals surface area contributed by atoms with Crippen LogP contribution in [0.1, 0.15) is 6.42 Å². The third-order valence-corrected chi connectivity index (χ3v) is 5.53. The molecule has 0 spiro atoms. The first-order chi connectivity index (χ1) is 16.6. The highest BCUT2D eigenvalue weighted by Gasteiger charge is 2.36. The summed E-state index contributed by atoms with van der Waals surface area (Å²) in [4.78, 5) is 38.8. The molecule has 1 saturated heterocycles. The quantitative estimate of drug-likeness (QED) is 0.530. The van der Waals surface area contributed by atoms with Gasteiger partial charge in [0.1, 0.15) is 11.5 Å². The summed E-state index contributed by atoms with van der Waals surface area (Å²) in [7, 11) is 1.53. The molecule has 8 nitrogen and oxygen atoms in total. The SMILES string of the molecule is COc1ccccc1N1CC(C(=O)NNC(=O)COc2ccccc2-c2ccccc2)CC1=O. The molecule has 1 heterocycles. The number of hydrogen-bond acceptors (Lipinski definition) is 5. The Morgan fingerprint density at radius 3 is 2.35 bits per heavy atom. The van der Waals surface area contributed by atoms with Gasteiger partial charge in [0.15, 0.2) is 6.61 Å². The molecule has 0 aliphatic carbocycles. The van der Waals surface area contributed by atoms with Gasteiger partial charge >= 0.3 is 0 Å². The number of anilines is 1. The second-order valence-electron chi connectivity index (χ2n) is 7.77. The Hall–Kier alpha value is -4.33. The molecule has 2 N–H and O–H groups in total. The molecule has 1 atom stereocenters. The van der Waals surface area contributed by atoms with Crippen molar-refractivity contribution in [2.75, 3.05) is 25.2 Å². The summed E-state index contributed by atoms with van der Waals surface area (Å²) in [5.74, 6) is -0.623. The maximum Gasteiger partial charge on any atom is 0.276 e. The highest BCUT2D eigenvalue weighted by atomic mass is 16.5. The van der Waals surface area contributed by atoms with E-state index in [2.05, 4.69) is 10.9 Å². The van der Waals surface area contributed by atoms with Gasteiger partial charge in [0.25, 0.3) is 5.91 Å². The van der Waals surface area contributed by atoms with E-state index in [0.717, 1.165) is 11.1 Å². The van der Waals surface area contributed by atoms with Crippen LogP contribution >= 0.6 is 0 Å². The Balaban J connectivity index is 1.30. The highest BCUT2D eigenvalue weighted by Crippen LogP contribution is 2.33. The molecular formula is C26H25N3O5. The summed E-state index contributed by atoms with van der Waals surface area (Å²) < 4.78 is 11.0. The lowest BCUT2D eigenvalue weighted by atomic mass is 10.1. The van der Waals surface area contributed by atoms with E-state index >= 15 is 0 Å². The fourth-order valence-corrected chi connectivity index (χ4v) is 3.83. The Morgan fingerprint density at radius 2 is 1.59 bits per heavy atom. The minimum Gasteiger partial charge on any atom is -0.495 e. The van der Waals surface area contributed by atoms with E-state index in [1.165, 1.54) is 12.0 Å². The molecule has 4 rings (SSSR count). The molecule has 1 aliphatic heterocycles. The molecule has 0 bridgehead atoms. The van der Waals surface area contributed by atoms with Crippen LogP contribution in [0.15, 0.2) is 78.9 Å². The van der Waals surface area contributed by atoms with Crippen molar-refractivity contribution < 1.29 is 23.9 Å². The molecule has 3 aromatic rings. The molecule has 0 aromatic heterocycles. The third kappa shape index (κ3) is 5.17. The minimum atomic E-state index is -0.600. The lowest BCUT2D eigenvalue weighted by molar-refractivity contribution is -0.132. The lowest BCUT2D eigenvalue weighted by Crippen LogP contribution is -2.46. The normalized spacial score (nSPS) is 15.0. The molecule has 1 aliphatic rings. The average Bonchev–Trinajstić information content (AvgIpc) is 3.28. The Kier molecular flexibility index (Phi) is 7.07. The van der Waals surface area contributed by atoms with Crippen molar-refractivity contribution in [1.29, 1.82) is 0 Å². The van der Waals surface area contributed by atoms with Crippen LogP contribution in [0.3, 0.4) is 0 Å². The number of nitrogens with zero attached hydrogens (tertiary/aromatic N) is 1. The van der Waals surface area contributed by atoms with Crippen LogP contribution < -0.4 is 25.2 Å². The van der Waals surface area contributed by atoms with Gasteiger partial charge in [-0.2, -0.15) is 0 Å². The van der Waals surface area contributed by atoms with Crippen LogP contribution in [-0.2, 0) is 14.4 Å². The Morgan fingerprint density at radius 1 is 0.912 bits per heavy atom. The molecule has 0 radical (unpaired) electrons. The number of carbonyl (C=O) groups is 3. The summed E-state index contributed by atoms with van der Waals surface area (Å²) in [6.45, 7) is -0.0804. The maximum atomic E-state index is 12.6. The standard InChI is InChI=1S/C26H25N3O5/c1-33-23-14-8-6-12-21(23)29-16-19(15-25(29)31)26(32)28-27-24(30)17-34-22-13-7-5-11-20(22)18-9-3-2-4-10-18/h2-14,19H,15-17H2,1H3,(H,27,30)(H,28,32). The molecular weight excluding hydrogens is 434 g/mol. The van der Waals surface area contributed by atoms with Crippen molar-refractivity contribution in [2.45, 2.75) is 6.42 Å². The van der Waals surface area contributed by atoms with Crippen LogP contribution in [0.5, 0.6) is 11.5 Å². The van der Waals surface area contributed by atoms with Gasteiger partial charge in [-0.3, -0.25) is 25.2 Å². The number of rotatable bonds is 7. The van der Waals surface area contributed by atoms with Crippen molar-refractivity contribution in [3.8, 4) is 22.6 Å². The van der Waals surface area contributed by atoms with E-state index in [9.17, 15) is 14.4 Å². The summed E-state index contributed by atoms with van der Waals surface area (Å²) in [6.07, 6.45) is 0.0424. The second-order valence-corrected chi connectivity index (χ2v) is 7.77. The zero-order chi connectivity index (χ0) is 23.9. The van der Waals surface area contributed by atoms with Crippen molar-refractivity contribution in [3.63, 3.8) is 0 Å². The first-order valence-corrected chi connectivity index (χ1v) is 10.9. The van der Waals surface area contributed by atoms with E-state index < -0.39 is 17.7 Å². The number of hydrazine groups is 1. The number of benzene rings is 3. The molecule has 34 heavy (non-hydrogen) atoms. The van der Waals surface area contributed by atoms with E-state index in [1.807, 2.05) is 54.6 Å². The van der Waals surface area contributed by atoms with Crippen LogP contribution in [0.25, 0.3) is 11.1 Å². The van der Waals surface area contributed by atoms with E-state index in [1.54, 1.807) is 24.3 Å². The predicted molar refractivity (Wildman–Crippen MR) is 127 cm³/mol. The largest absolute Gasteiger partial charge is 0.495 e. The van der Waals surface area contributed by atoms with Crippen LogP contribution in [0.2, 0.25) is 0 Å². The Labute approximate surface area is 197 Å². The predicted octanol–water partition coefficient (Wildman–Crippen LogP) is 2.94. The summed E-state index contributed by atoms with van der Waals surface area (Å²) in [5, 5.41) is 0. The molecule has 1 fully saturated rings. The smallest absolute Gasteiger partial charge is 0.276 e. The Bertz CT molecular complexity index is 1180. The van der Waals surface area contributed by atoms with Gasteiger partial charge in [-0.05, 0) is 23.8 Å². The van der Waals surface area contributed by atoms with E-state index in [4.69, 9.17) is 9.47 Å². The zero-order valence-corrected chi connectivity index (χ0v) is 18.7. The number of ether oxygens (including phenoxy) is 2. The number of para-hydroxylation sites is 3. The van der Waals surface area contributed by atoms with Gasteiger partial charge < -0.3 is 14.4 Å². The van der Waals surface area contributed by atoms with E-state index in [0.29, 0.717) is 17.2 Å². The highest BCUT2D eigenvalue weighted by molar-refractivity contribution is 6.01. The summed E-state index contributed by atoms with van der Waals surface area (Å²) >= 11 is 0. The molecule has 174 valence electrons. The van der Waals surface area contributed by atoms with Gasteiger partial charge in [-0.25, -0.2) is 0 Å². The first-order valence-electron chi connectivity index (χ1n) is 10.9. The molecule has 1 unspecified atom stereocenters. The van der Waals surface area contributed by atoms with Gasteiger partial charge in [-0.1, -0.05) is 60.7 Å². The van der Waals surface area contributed by atoms with Crippen LogP contribution in [0.4, 0.5) is 5.69 Å². The lowest BCUT2D eigenvalue weighted by Gasteiger charge is -2.19. The molecule has 8 heteroatoms. The fourth-order valence-electron chi connectivity index (χ4n) is 3.83. The number of carbonyl (C=O) groups excluding carboxylic acids is 3. The number of amides is 3. The second kappa shape index (κ2) is 10.5. The van der Waals surface area contributed by atoms with Gasteiger partial charge in [0.05, 0.1) is 18.7 Å². The van der Waals surface area contributed by atoms with Gasteiger partial charge in [-0.15, -0.1) is 0 Å². The fraction of sp³-hybridized carbons (Fsp3) is 0.192. The van der Waals surface area contributed by atoms with Crippen molar-refractivity contribution >= 4 is 23.4 Å². The number of methoxy groups -OCH3 is 1. The average molecular weight is 460 g/mol. The number of nitrogens with one attached hydrogen (secondary N) is 2. The van der Waals surface area contributed by atoms with Crippen LogP contribution in [-0.4, -0.2) is 38.0 Å². The van der Waals surface area contributed by atoms with Crippen molar-refractivity contribution in [3.05, 3.63) is 78.9 Å². The third-order valence-electron chi connectivity index (χ3n) is 5.53. The molecule has 3 amide bonds. The number of hydrogen-bond donors (Lipinski definition) is 2. The maximum absolute atomic E-state index is 12.6.